The summed E-state index contributed by atoms with van der Waals surface area (Å²) < 4.78 is 0. The topological polar surface area (TPSA) is 25.8 Å². The zero-order valence-corrected chi connectivity index (χ0v) is 12.2. The summed E-state index contributed by atoms with van der Waals surface area (Å²) in [5.74, 6) is 0. The Labute approximate surface area is 130 Å². The van der Waals surface area contributed by atoms with Crippen molar-refractivity contribution in [2.24, 2.45) is 0 Å². The van der Waals surface area contributed by atoms with Gasteiger partial charge in [-0.25, -0.2) is 0 Å². The van der Waals surface area contributed by atoms with Crippen molar-refractivity contribution in [3.8, 4) is 22.5 Å². The maximum atomic E-state index is 4.33. The molecular formula is C16H11ClN2Ni-. The van der Waals surface area contributed by atoms with Gasteiger partial charge < -0.3 is 0 Å². The van der Waals surface area contributed by atoms with Crippen molar-refractivity contribution in [1.82, 2.24) is 9.97 Å². The van der Waals surface area contributed by atoms with Crippen LogP contribution in [0.5, 0.6) is 0 Å². The summed E-state index contributed by atoms with van der Waals surface area (Å²) >= 11 is 3.35. The molecule has 0 saturated carbocycles. The van der Waals surface area contributed by atoms with Gasteiger partial charge in [-0.2, -0.15) is 0 Å². The van der Waals surface area contributed by atoms with Crippen LogP contribution in [0.1, 0.15) is 0 Å². The van der Waals surface area contributed by atoms with Crippen molar-refractivity contribution >= 4 is 10.2 Å². The van der Waals surface area contributed by atoms with Gasteiger partial charge in [-0.3, -0.25) is 9.97 Å². The zero-order chi connectivity index (χ0) is 14.2. The van der Waals surface area contributed by atoms with E-state index in [0.29, 0.717) is 0 Å². The molecule has 3 aromatic rings. The van der Waals surface area contributed by atoms with Crippen molar-refractivity contribution in [1.29, 1.82) is 0 Å². The summed E-state index contributed by atoms with van der Waals surface area (Å²) in [6.45, 7) is 0. The van der Waals surface area contributed by atoms with Crippen molar-refractivity contribution in [2.45, 2.75) is 0 Å². The average molecular weight is 325 g/mol. The molecule has 0 saturated heterocycles. The number of aromatic nitrogens is 2. The Morgan fingerprint density at radius 1 is 0.700 bits per heavy atom. The molecule has 0 spiro atoms. The van der Waals surface area contributed by atoms with Gasteiger partial charge in [0.05, 0.1) is 0 Å². The molecule has 0 unspecified atom stereocenters. The van der Waals surface area contributed by atoms with E-state index in [0.717, 1.165) is 22.5 Å². The molecule has 2 aromatic heterocycles. The van der Waals surface area contributed by atoms with Gasteiger partial charge in [-0.15, -0.1) is 24.3 Å². The molecule has 20 heavy (non-hydrogen) atoms. The summed E-state index contributed by atoms with van der Waals surface area (Å²) in [6.07, 6.45) is 3.58. The van der Waals surface area contributed by atoms with Crippen LogP contribution in [-0.4, -0.2) is 9.97 Å². The van der Waals surface area contributed by atoms with Crippen LogP contribution in [0.4, 0.5) is 0 Å². The molecule has 0 atom stereocenters. The van der Waals surface area contributed by atoms with Crippen LogP contribution in [0, 0.1) is 6.07 Å². The molecule has 3 rings (SSSR count). The van der Waals surface area contributed by atoms with Crippen LogP contribution in [0.15, 0.2) is 67.0 Å². The Balaban J connectivity index is 0.000000704. The SMILES string of the molecule is [Cl][Ni].[c-]1c(-c2ccccn2)cccc1-c1ccccn1. The molecule has 0 N–H and O–H groups in total. The molecule has 0 amide bonds. The number of hydrogen-bond donors (Lipinski definition) is 0. The minimum Gasteiger partial charge on any atom is -0.295 e. The predicted molar refractivity (Wildman–Crippen MR) is 77.6 cm³/mol. The van der Waals surface area contributed by atoms with E-state index in [1.807, 2.05) is 54.6 Å². The van der Waals surface area contributed by atoms with E-state index < -0.39 is 0 Å². The van der Waals surface area contributed by atoms with Crippen LogP contribution >= 0.6 is 10.2 Å². The predicted octanol–water partition coefficient (Wildman–Crippen LogP) is 4.30. The van der Waals surface area contributed by atoms with E-state index in [1.165, 1.54) is 0 Å². The van der Waals surface area contributed by atoms with Gasteiger partial charge in [0, 0.05) is 23.8 Å². The first-order chi connectivity index (χ1) is 9.93. The van der Waals surface area contributed by atoms with E-state index in [-0.39, 0.29) is 0 Å². The second-order valence-corrected chi connectivity index (χ2v) is 3.91. The molecule has 2 nitrogen and oxygen atoms in total. The van der Waals surface area contributed by atoms with Gasteiger partial charge in [-0.05, 0) is 12.1 Å². The smallest absolute Gasteiger partial charge is 0.0183 e. The first-order valence-corrected chi connectivity index (χ1v) is 7.26. The molecule has 0 aliphatic rings. The fourth-order valence-corrected chi connectivity index (χ4v) is 1.81. The summed E-state index contributed by atoms with van der Waals surface area (Å²) in [5.41, 5.74) is 3.82. The normalized spacial score (nSPS) is 9.55. The van der Waals surface area contributed by atoms with Gasteiger partial charge in [-0.1, -0.05) is 35.4 Å². The molecular weight excluding hydrogens is 314 g/mol. The maximum absolute atomic E-state index is 4.33. The number of nitrogens with zero attached hydrogens (tertiary/aromatic N) is 2. The van der Waals surface area contributed by atoms with Crippen LogP contribution < -0.4 is 0 Å². The first kappa shape index (κ1) is 14.7. The van der Waals surface area contributed by atoms with E-state index >= 15 is 0 Å². The fourth-order valence-electron chi connectivity index (χ4n) is 1.81. The minimum atomic E-state index is 0.926. The number of hydrogen-bond acceptors (Lipinski definition) is 2. The molecule has 0 aliphatic heterocycles. The monoisotopic (exact) mass is 324 g/mol. The van der Waals surface area contributed by atoms with Crippen LogP contribution in [0.2, 0.25) is 0 Å². The van der Waals surface area contributed by atoms with Crippen molar-refractivity contribution < 1.29 is 14.6 Å². The summed E-state index contributed by atoms with van der Waals surface area (Å²) in [6, 6.07) is 21.1. The van der Waals surface area contributed by atoms with Crippen molar-refractivity contribution in [2.75, 3.05) is 0 Å². The van der Waals surface area contributed by atoms with Gasteiger partial charge in [0.2, 0.25) is 0 Å². The standard InChI is InChI=1S/C16H11N2.ClH.Ni/c1-3-10-17-15(8-1)13-6-5-7-14(12-13)16-9-2-4-11-18-16;;/h1-11H;1H;/q-1;;+1/p-1. The Hall–Kier alpha value is -1.70. The molecule has 1 aromatic carbocycles. The fraction of sp³-hybridized carbons (Fsp3) is 0. The third-order valence-corrected chi connectivity index (χ3v) is 2.68. The molecule has 103 valence electrons. The average Bonchev–Trinajstić information content (AvgIpc) is 2.58. The molecule has 4 heteroatoms. The van der Waals surface area contributed by atoms with Crippen molar-refractivity contribution in [3.63, 3.8) is 0 Å². The van der Waals surface area contributed by atoms with Gasteiger partial charge in [0.25, 0.3) is 0 Å². The van der Waals surface area contributed by atoms with Gasteiger partial charge in [0.1, 0.15) is 0 Å². The summed E-state index contributed by atoms with van der Waals surface area (Å²) in [7, 11) is 4.26. The number of halogens is 1. The van der Waals surface area contributed by atoms with Crippen molar-refractivity contribution in [3.05, 3.63) is 73.1 Å². The molecule has 0 radical (unpaired) electrons. The van der Waals surface area contributed by atoms with Gasteiger partial charge in [0.15, 0.2) is 0 Å². The summed E-state index contributed by atoms with van der Waals surface area (Å²) in [4.78, 5) is 8.66. The second-order valence-electron chi connectivity index (χ2n) is 3.91. The van der Waals surface area contributed by atoms with Gasteiger partial charge >= 0.3 is 24.8 Å². The van der Waals surface area contributed by atoms with E-state index in [1.54, 1.807) is 12.4 Å². The second kappa shape index (κ2) is 7.79. The Bertz CT molecular complexity index is 590. The molecule has 0 fully saturated rings. The van der Waals surface area contributed by atoms with E-state index in [4.69, 9.17) is 0 Å². The number of pyridine rings is 2. The Morgan fingerprint density at radius 3 is 1.60 bits per heavy atom. The summed E-state index contributed by atoms with van der Waals surface area (Å²) in [5, 5.41) is 0. The largest absolute Gasteiger partial charge is 0.295 e. The maximum Gasteiger partial charge on any atom is 0.0183 e. The Kier molecular flexibility index (Phi) is 5.73. The van der Waals surface area contributed by atoms with E-state index in [2.05, 4.69) is 40.8 Å². The molecule has 2 heterocycles. The third kappa shape index (κ3) is 3.66. The van der Waals surface area contributed by atoms with Crippen LogP contribution in [0.3, 0.4) is 0 Å². The minimum absolute atomic E-state index is 0.926. The molecule has 0 aliphatic carbocycles. The first-order valence-electron chi connectivity index (χ1n) is 5.90. The third-order valence-electron chi connectivity index (χ3n) is 2.68. The van der Waals surface area contributed by atoms with Crippen LogP contribution in [0.25, 0.3) is 22.5 Å². The quantitative estimate of drug-likeness (QED) is 0.519. The number of rotatable bonds is 2. The molecule has 0 bridgehead atoms. The number of benzene rings is 1. The Morgan fingerprint density at radius 2 is 1.20 bits per heavy atom. The van der Waals surface area contributed by atoms with Crippen LogP contribution in [-0.2, 0) is 14.6 Å². The van der Waals surface area contributed by atoms with E-state index in [9.17, 15) is 0 Å². The zero-order valence-electron chi connectivity index (χ0n) is 10.4.